The highest BCUT2D eigenvalue weighted by Gasteiger charge is 2.18. The summed E-state index contributed by atoms with van der Waals surface area (Å²) in [6.07, 6.45) is 2.56. The summed E-state index contributed by atoms with van der Waals surface area (Å²) in [6.45, 7) is 1.66. The average molecular weight is 226 g/mol. The number of carboxylic acid groups (broad SMARTS) is 1. The van der Waals surface area contributed by atoms with Gasteiger partial charge >= 0.3 is 13.8 Å². The molecule has 0 aromatic rings. The van der Waals surface area contributed by atoms with E-state index >= 15 is 0 Å². The van der Waals surface area contributed by atoms with Crippen LogP contribution in [0.5, 0.6) is 0 Å². The third kappa shape index (κ3) is 9.41. The van der Waals surface area contributed by atoms with E-state index in [1.54, 1.807) is 6.92 Å². The van der Waals surface area contributed by atoms with Gasteiger partial charge in [-0.2, -0.15) is 0 Å². The van der Waals surface area contributed by atoms with Crippen molar-refractivity contribution in [3.05, 3.63) is 12.2 Å². The van der Waals surface area contributed by atoms with Crippen molar-refractivity contribution in [2.24, 2.45) is 0 Å². The zero-order chi connectivity index (χ0) is 11.6. The van der Waals surface area contributed by atoms with E-state index in [1.807, 2.05) is 0 Å². The Morgan fingerprint density at radius 2 is 1.57 bits per heavy atom. The van der Waals surface area contributed by atoms with E-state index in [9.17, 15) is 9.36 Å². The third-order valence-electron chi connectivity index (χ3n) is 0.980. The molecule has 0 spiro atoms. The first-order valence-electron chi connectivity index (χ1n) is 3.58. The molecule has 84 valence electrons. The monoisotopic (exact) mass is 226 g/mol. The van der Waals surface area contributed by atoms with Gasteiger partial charge in [0.25, 0.3) is 0 Å². The normalized spacial score (nSPS) is 10.9. The van der Waals surface area contributed by atoms with Gasteiger partial charge < -0.3 is 5.11 Å². The maximum Gasteiger partial charge on any atom is 0.473 e. The van der Waals surface area contributed by atoms with E-state index in [-0.39, 0.29) is 0 Å². The van der Waals surface area contributed by atoms with Crippen molar-refractivity contribution in [2.75, 3.05) is 21.3 Å². The van der Waals surface area contributed by atoms with E-state index in [2.05, 4.69) is 13.6 Å². The van der Waals surface area contributed by atoms with Gasteiger partial charge in [0.15, 0.2) is 0 Å². The lowest BCUT2D eigenvalue weighted by atomic mass is 10.5. The Kier molecular flexibility index (Phi) is 10.0. The number of carbonyl (C=O) groups is 1. The number of hydrogen-bond acceptors (Lipinski definition) is 5. The number of phosphoric ester groups is 1. The van der Waals surface area contributed by atoms with Crippen LogP contribution in [-0.4, -0.2) is 32.4 Å². The molecular weight excluding hydrogens is 211 g/mol. The molecule has 7 heteroatoms. The molecule has 14 heavy (non-hydrogen) atoms. The largest absolute Gasteiger partial charge is 0.478 e. The van der Waals surface area contributed by atoms with E-state index in [0.29, 0.717) is 0 Å². The fraction of sp³-hybridized carbons (Fsp3) is 0.571. The molecule has 0 aliphatic heterocycles. The standard InChI is InChI=1S/C4H6O2.C3H9O4P/c1-2-3-4(5)6;1-5-8(4,6-2)7-3/h2-3H,1H3,(H,5,6);1-3H3/b3-2+;. The first kappa shape index (κ1) is 15.8. The lowest BCUT2D eigenvalue weighted by Crippen LogP contribution is -1.88. The Morgan fingerprint density at radius 1 is 1.21 bits per heavy atom. The van der Waals surface area contributed by atoms with Crippen molar-refractivity contribution in [2.45, 2.75) is 6.92 Å². The highest BCUT2D eigenvalue weighted by molar-refractivity contribution is 7.48. The molecule has 0 aliphatic rings. The summed E-state index contributed by atoms with van der Waals surface area (Å²) in [6, 6.07) is 0. The smallest absolute Gasteiger partial charge is 0.473 e. The minimum atomic E-state index is -3.16. The minimum absolute atomic E-state index is 0.891. The molecule has 0 saturated carbocycles. The molecule has 0 aliphatic carbocycles. The van der Waals surface area contributed by atoms with Crippen LogP contribution < -0.4 is 0 Å². The molecular formula is C7H15O6P. The Morgan fingerprint density at radius 3 is 1.57 bits per heavy atom. The van der Waals surface area contributed by atoms with E-state index in [1.165, 1.54) is 27.4 Å². The molecule has 0 saturated heterocycles. The molecule has 0 unspecified atom stereocenters. The Bertz CT molecular complexity index is 205. The zero-order valence-electron chi connectivity index (χ0n) is 8.59. The second kappa shape index (κ2) is 8.90. The Balaban J connectivity index is 0. The van der Waals surface area contributed by atoms with Gasteiger partial charge in [0.2, 0.25) is 0 Å². The summed E-state index contributed by atoms with van der Waals surface area (Å²) in [5, 5.41) is 7.83. The topological polar surface area (TPSA) is 82.1 Å². The van der Waals surface area contributed by atoms with Crippen molar-refractivity contribution in [1.82, 2.24) is 0 Å². The lowest BCUT2D eigenvalue weighted by Gasteiger charge is -2.08. The predicted molar refractivity (Wildman–Crippen MR) is 51.1 cm³/mol. The van der Waals surface area contributed by atoms with Gasteiger partial charge in [-0.25, -0.2) is 9.36 Å². The van der Waals surface area contributed by atoms with Crippen LogP contribution in [0.2, 0.25) is 0 Å². The maximum absolute atomic E-state index is 10.7. The molecule has 6 nitrogen and oxygen atoms in total. The van der Waals surface area contributed by atoms with Gasteiger partial charge in [-0.1, -0.05) is 6.08 Å². The fourth-order valence-corrected chi connectivity index (χ4v) is 0.813. The van der Waals surface area contributed by atoms with Crippen LogP contribution in [0.15, 0.2) is 12.2 Å². The summed E-state index contributed by atoms with van der Waals surface area (Å²) < 4.78 is 23.7. The van der Waals surface area contributed by atoms with Gasteiger partial charge in [-0.3, -0.25) is 13.6 Å². The number of carboxylic acids is 1. The van der Waals surface area contributed by atoms with Gasteiger partial charge in [0.1, 0.15) is 0 Å². The van der Waals surface area contributed by atoms with Gasteiger partial charge in [0, 0.05) is 27.4 Å². The average Bonchev–Trinajstić information content (AvgIpc) is 2.17. The van der Waals surface area contributed by atoms with Gasteiger partial charge in [-0.05, 0) is 6.92 Å². The maximum atomic E-state index is 10.7. The summed E-state index contributed by atoms with van der Waals surface area (Å²) in [5.74, 6) is -0.891. The first-order valence-corrected chi connectivity index (χ1v) is 5.04. The van der Waals surface area contributed by atoms with Crippen molar-refractivity contribution in [3.63, 3.8) is 0 Å². The minimum Gasteiger partial charge on any atom is -0.478 e. The third-order valence-corrected chi connectivity index (χ3v) is 2.32. The SMILES string of the molecule is C/C=C/C(=O)O.COP(=O)(OC)OC. The number of allylic oxidation sites excluding steroid dienone is 1. The van der Waals surface area contributed by atoms with Gasteiger partial charge in [-0.15, -0.1) is 0 Å². The van der Waals surface area contributed by atoms with Crippen molar-refractivity contribution in [1.29, 1.82) is 0 Å². The van der Waals surface area contributed by atoms with Crippen LogP contribution in [0.1, 0.15) is 6.92 Å². The number of aliphatic carboxylic acids is 1. The number of hydrogen-bond donors (Lipinski definition) is 1. The fourth-order valence-electron chi connectivity index (χ4n) is 0.366. The summed E-state index contributed by atoms with van der Waals surface area (Å²) in [7, 11) is 0.611. The molecule has 0 bridgehead atoms. The van der Waals surface area contributed by atoms with Crippen molar-refractivity contribution < 1.29 is 28.0 Å². The highest BCUT2D eigenvalue weighted by atomic mass is 31.2. The highest BCUT2D eigenvalue weighted by Crippen LogP contribution is 2.46. The molecule has 0 heterocycles. The van der Waals surface area contributed by atoms with Crippen LogP contribution in [0.25, 0.3) is 0 Å². The van der Waals surface area contributed by atoms with E-state index < -0.39 is 13.8 Å². The van der Waals surface area contributed by atoms with E-state index in [0.717, 1.165) is 6.08 Å². The summed E-state index contributed by atoms with van der Waals surface area (Å²) in [5.41, 5.74) is 0. The van der Waals surface area contributed by atoms with E-state index in [4.69, 9.17) is 5.11 Å². The van der Waals surface area contributed by atoms with Crippen LogP contribution >= 0.6 is 7.82 Å². The van der Waals surface area contributed by atoms with Crippen LogP contribution in [0.4, 0.5) is 0 Å². The van der Waals surface area contributed by atoms with Gasteiger partial charge in [0.05, 0.1) is 0 Å². The number of phosphoric acid groups is 1. The second-order valence-corrected chi connectivity index (χ2v) is 3.82. The van der Waals surface area contributed by atoms with Crippen molar-refractivity contribution >= 4 is 13.8 Å². The first-order chi connectivity index (χ1) is 6.45. The lowest BCUT2D eigenvalue weighted by molar-refractivity contribution is -0.131. The summed E-state index contributed by atoms with van der Waals surface area (Å²) >= 11 is 0. The van der Waals surface area contributed by atoms with Crippen molar-refractivity contribution in [3.8, 4) is 0 Å². The number of rotatable bonds is 4. The molecule has 1 N–H and O–H groups in total. The Labute approximate surface area is 83.1 Å². The predicted octanol–water partition coefficient (Wildman–Crippen LogP) is 1.68. The van der Waals surface area contributed by atoms with Crippen LogP contribution in [-0.2, 0) is 22.9 Å². The quantitative estimate of drug-likeness (QED) is 0.580. The molecule has 0 amide bonds. The van der Waals surface area contributed by atoms with Crippen LogP contribution in [0, 0.1) is 0 Å². The second-order valence-electron chi connectivity index (χ2n) is 1.83. The van der Waals surface area contributed by atoms with Crippen LogP contribution in [0.3, 0.4) is 0 Å². The zero-order valence-corrected chi connectivity index (χ0v) is 9.48. The molecule has 0 fully saturated rings. The molecule has 0 rings (SSSR count). The Hall–Kier alpha value is -0.680. The molecule has 0 aromatic heterocycles. The molecule has 0 radical (unpaired) electrons. The molecule has 0 aromatic carbocycles. The summed E-state index contributed by atoms with van der Waals surface area (Å²) in [4.78, 5) is 9.51. The molecule has 0 atom stereocenters.